The Morgan fingerprint density at radius 3 is 2.12 bits per heavy atom. The number of benzene rings is 3. The van der Waals surface area contributed by atoms with E-state index in [2.05, 4.69) is 0 Å². The minimum absolute atomic E-state index is 0.147. The van der Waals surface area contributed by atoms with Gasteiger partial charge in [0.25, 0.3) is 0 Å². The quantitative estimate of drug-likeness (QED) is 0.267. The summed E-state index contributed by atoms with van der Waals surface area (Å²) in [4.78, 5) is 24.6. The van der Waals surface area contributed by atoms with Gasteiger partial charge in [0.2, 0.25) is 0 Å². The number of ether oxygens (including phenoxy) is 3. The number of rotatable bonds is 10. The standard InChI is InChI=1S/C29H32O5/c1-29(2,3)34-27(30)21-26(22-12-6-4-7-13-22)24-16-10-17-25(20-24)32-18-11-19-33-28(31)23-14-8-5-9-15-23/h4-10,12-17,20,26H,11,18-19,21H2,1-3H3. The zero-order valence-electron chi connectivity index (χ0n) is 20.0. The Labute approximate surface area is 201 Å². The first-order chi connectivity index (χ1) is 16.3. The zero-order valence-corrected chi connectivity index (χ0v) is 20.0. The largest absolute Gasteiger partial charge is 0.493 e. The van der Waals surface area contributed by atoms with Crippen molar-refractivity contribution in [3.63, 3.8) is 0 Å². The van der Waals surface area contributed by atoms with Gasteiger partial charge < -0.3 is 14.2 Å². The van der Waals surface area contributed by atoms with Crippen molar-refractivity contribution in [1.82, 2.24) is 0 Å². The number of carbonyl (C=O) groups excluding carboxylic acids is 2. The van der Waals surface area contributed by atoms with Crippen molar-refractivity contribution in [1.29, 1.82) is 0 Å². The fraction of sp³-hybridized carbons (Fsp3) is 0.310. The molecule has 0 amide bonds. The van der Waals surface area contributed by atoms with Gasteiger partial charge in [-0.05, 0) is 56.2 Å². The Morgan fingerprint density at radius 1 is 0.794 bits per heavy atom. The van der Waals surface area contributed by atoms with Crippen LogP contribution in [0.15, 0.2) is 84.9 Å². The van der Waals surface area contributed by atoms with E-state index in [9.17, 15) is 9.59 Å². The van der Waals surface area contributed by atoms with Gasteiger partial charge in [-0.15, -0.1) is 0 Å². The second-order valence-electron chi connectivity index (χ2n) is 9.03. The van der Waals surface area contributed by atoms with Gasteiger partial charge in [-0.25, -0.2) is 4.79 Å². The van der Waals surface area contributed by atoms with Crippen LogP contribution in [-0.2, 0) is 14.3 Å². The molecule has 34 heavy (non-hydrogen) atoms. The molecule has 1 atom stereocenters. The van der Waals surface area contributed by atoms with Gasteiger partial charge in [-0.2, -0.15) is 0 Å². The maximum absolute atomic E-state index is 12.6. The summed E-state index contributed by atoms with van der Waals surface area (Å²) in [5.41, 5.74) is 2.02. The van der Waals surface area contributed by atoms with Crippen LogP contribution >= 0.6 is 0 Å². The molecule has 0 spiro atoms. The monoisotopic (exact) mass is 460 g/mol. The predicted molar refractivity (Wildman–Crippen MR) is 132 cm³/mol. The van der Waals surface area contributed by atoms with E-state index >= 15 is 0 Å². The normalized spacial score (nSPS) is 12.0. The molecule has 0 aliphatic carbocycles. The zero-order chi connectivity index (χ0) is 24.4. The molecule has 3 aromatic rings. The second-order valence-corrected chi connectivity index (χ2v) is 9.03. The van der Waals surface area contributed by atoms with Gasteiger partial charge in [-0.3, -0.25) is 4.79 Å². The molecule has 5 heteroatoms. The Balaban J connectivity index is 1.59. The summed E-state index contributed by atoms with van der Waals surface area (Å²) in [5, 5.41) is 0. The van der Waals surface area contributed by atoms with Gasteiger partial charge in [0, 0.05) is 12.3 Å². The van der Waals surface area contributed by atoms with Crippen molar-refractivity contribution in [2.75, 3.05) is 13.2 Å². The van der Waals surface area contributed by atoms with Crippen molar-refractivity contribution >= 4 is 11.9 Å². The molecule has 1 unspecified atom stereocenters. The number of hydrogen-bond acceptors (Lipinski definition) is 5. The van der Waals surface area contributed by atoms with Crippen molar-refractivity contribution in [3.05, 3.63) is 102 Å². The Morgan fingerprint density at radius 2 is 1.44 bits per heavy atom. The average molecular weight is 461 g/mol. The van der Waals surface area contributed by atoms with Crippen LogP contribution in [0.2, 0.25) is 0 Å². The molecule has 0 saturated carbocycles. The van der Waals surface area contributed by atoms with Crippen molar-refractivity contribution < 1.29 is 23.8 Å². The molecule has 5 nitrogen and oxygen atoms in total. The van der Waals surface area contributed by atoms with E-state index in [1.165, 1.54) is 0 Å². The molecular formula is C29H32O5. The van der Waals surface area contributed by atoms with Gasteiger partial charge in [0.05, 0.1) is 25.2 Å². The molecule has 0 fully saturated rings. The Kier molecular flexibility index (Phi) is 8.86. The highest BCUT2D eigenvalue weighted by atomic mass is 16.6. The molecule has 0 radical (unpaired) electrons. The van der Waals surface area contributed by atoms with E-state index in [0.29, 0.717) is 24.3 Å². The lowest BCUT2D eigenvalue weighted by Gasteiger charge is -2.23. The lowest BCUT2D eigenvalue weighted by atomic mass is 9.88. The summed E-state index contributed by atoms with van der Waals surface area (Å²) in [7, 11) is 0. The van der Waals surface area contributed by atoms with Crippen molar-refractivity contribution in [2.45, 2.75) is 45.1 Å². The maximum atomic E-state index is 12.6. The lowest BCUT2D eigenvalue weighted by Crippen LogP contribution is -2.25. The lowest BCUT2D eigenvalue weighted by molar-refractivity contribution is -0.155. The highest BCUT2D eigenvalue weighted by Gasteiger charge is 2.23. The molecule has 0 aliphatic rings. The van der Waals surface area contributed by atoms with Crippen LogP contribution < -0.4 is 4.74 Å². The third-order valence-electron chi connectivity index (χ3n) is 5.05. The van der Waals surface area contributed by atoms with E-state index in [0.717, 1.165) is 11.1 Å². The topological polar surface area (TPSA) is 61.8 Å². The molecule has 0 heterocycles. The summed E-state index contributed by atoms with van der Waals surface area (Å²) in [6.45, 7) is 6.29. The summed E-state index contributed by atoms with van der Waals surface area (Å²) < 4.78 is 16.8. The SMILES string of the molecule is CC(C)(C)OC(=O)CC(c1ccccc1)c1cccc(OCCCOC(=O)c2ccccc2)c1. The molecule has 178 valence electrons. The fourth-order valence-corrected chi connectivity index (χ4v) is 3.56. The minimum atomic E-state index is -0.534. The molecule has 0 saturated heterocycles. The van der Waals surface area contributed by atoms with Gasteiger partial charge in [-0.1, -0.05) is 60.7 Å². The maximum Gasteiger partial charge on any atom is 0.338 e. The molecule has 0 N–H and O–H groups in total. The first-order valence-corrected chi connectivity index (χ1v) is 11.5. The van der Waals surface area contributed by atoms with Crippen LogP contribution in [0.3, 0.4) is 0 Å². The minimum Gasteiger partial charge on any atom is -0.493 e. The molecule has 0 aromatic heterocycles. The van der Waals surface area contributed by atoms with Crippen LogP contribution in [0.4, 0.5) is 0 Å². The van der Waals surface area contributed by atoms with E-state index < -0.39 is 5.60 Å². The van der Waals surface area contributed by atoms with E-state index in [1.807, 2.05) is 81.4 Å². The van der Waals surface area contributed by atoms with Gasteiger partial charge >= 0.3 is 11.9 Å². The molecule has 3 aromatic carbocycles. The number of carbonyl (C=O) groups is 2. The average Bonchev–Trinajstić information content (AvgIpc) is 2.82. The first-order valence-electron chi connectivity index (χ1n) is 11.5. The smallest absolute Gasteiger partial charge is 0.338 e. The first kappa shape index (κ1) is 25.0. The molecule has 0 aliphatic heterocycles. The highest BCUT2D eigenvalue weighted by molar-refractivity contribution is 5.89. The second kappa shape index (κ2) is 12.0. The summed E-state index contributed by atoms with van der Waals surface area (Å²) >= 11 is 0. The van der Waals surface area contributed by atoms with Gasteiger partial charge in [0.15, 0.2) is 0 Å². The Hall–Kier alpha value is -3.60. The third-order valence-corrected chi connectivity index (χ3v) is 5.05. The molecule has 0 bridgehead atoms. The van der Waals surface area contributed by atoms with Crippen LogP contribution in [0.25, 0.3) is 0 Å². The van der Waals surface area contributed by atoms with Crippen LogP contribution in [0.5, 0.6) is 5.75 Å². The van der Waals surface area contributed by atoms with E-state index in [4.69, 9.17) is 14.2 Å². The number of esters is 2. The third kappa shape index (κ3) is 8.07. The van der Waals surface area contributed by atoms with Gasteiger partial charge in [0.1, 0.15) is 11.4 Å². The Bertz CT molecular complexity index is 1050. The summed E-state index contributed by atoms with van der Waals surface area (Å²) in [6, 6.07) is 26.6. The number of hydrogen-bond donors (Lipinski definition) is 0. The van der Waals surface area contributed by atoms with E-state index in [1.54, 1.807) is 24.3 Å². The van der Waals surface area contributed by atoms with Crippen LogP contribution in [0, 0.1) is 0 Å². The van der Waals surface area contributed by atoms with Crippen LogP contribution in [0.1, 0.15) is 61.0 Å². The summed E-state index contributed by atoms with van der Waals surface area (Å²) in [6.07, 6.45) is 0.809. The van der Waals surface area contributed by atoms with Crippen molar-refractivity contribution in [2.24, 2.45) is 0 Å². The fourth-order valence-electron chi connectivity index (χ4n) is 3.56. The molecular weight excluding hydrogens is 428 g/mol. The van der Waals surface area contributed by atoms with Crippen molar-refractivity contribution in [3.8, 4) is 5.75 Å². The molecule has 3 rings (SSSR count). The summed E-state index contributed by atoms with van der Waals surface area (Å²) in [5.74, 6) is -0.0215. The predicted octanol–water partition coefficient (Wildman–Crippen LogP) is 6.18. The highest BCUT2D eigenvalue weighted by Crippen LogP contribution is 2.31. The van der Waals surface area contributed by atoms with E-state index in [-0.39, 0.29) is 30.9 Å². The van der Waals surface area contributed by atoms with Crippen LogP contribution in [-0.4, -0.2) is 30.8 Å².